The fourth-order valence-electron chi connectivity index (χ4n) is 4.44. The highest BCUT2D eigenvalue weighted by molar-refractivity contribution is 5.28. The maximum absolute atomic E-state index is 5.89. The Balaban J connectivity index is 1.32. The second-order valence-electron chi connectivity index (χ2n) is 8.86. The van der Waals surface area contributed by atoms with Crippen LogP contribution in [0.4, 0.5) is 0 Å². The lowest BCUT2D eigenvalue weighted by molar-refractivity contribution is -0.205. The third-order valence-corrected chi connectivity index (χ3v) is 6.56. The molecule has 0 unspecified atom stereocenters. The van der Waals surface area contributed by atoms with Crippen molar-refractivity contribution in [3.05, 3.63) is 42.0 Å². The van der Waals surface area contributed by atoms with Gasteiger partial charge < -0.3 is 14.2 Å². The third kappa shape index (κ3) is 7.46. The molecule has 1 aliphatic heterocycles. The summed E-state index contributed by atoms with van der Waals surface area (Å²) in [6.45, 7) is 6.68. The minimum atomic E-state index is -0.233. The Morgan fingerprint density at radius 1 is 0.931 bits per heavy atom. The number of ether oxygens (including phenoxy) is 3. The van der Waals surface area contributed by atoms with Crippen molar-refractivity contribution in [2.75, 3.05) is 19.8 Å². The van der Waals surface area contributed by atoms with Crippen LogP contribution in [0.1, 0.15) is 83.5 Å². The first kappa shape index (κ1) is 22.4. The summed E-state index contributed by atoms with van der Waals surface area (Å²) in [5.74, 6) is 3.15. The van der Waals surface area contributed by atoms with Crippen molar-refractivity contribution in [2.24, 2.45) is 17.8 Å². The monoisotopic (exact) mass is 400 g/mol. The topological polar surface area (TPSA) is 27.7 Å². The van der Waals surface area contributed by atoms with Gasteiger partial charge in [0.2, 0.25) is 0 Å². The van der Waals surface area contributed by atoms with Crippen LogP contribution in [0.15, 0.2) is 36.4 Å². The Kier molecular flexibility index (Phi) is 9.56. The lowest BCUT2D eigenvalue weighted by atomic mass is 9.79. The molecule has 2 fully saturated rings. The summed E-state index contributed by atoms with van der Waals surface area (Å²) in [5.41, 5.74) is 1.07. The van der Waals surface area contributed by atoms with Crippen molar-refractivity contribution in [3.63, 3.8) is 0 Å². The number of hydrogen-bond donors (Lipinski definition) is 0. The molecule has 0 bridgehead atoms. The molecule has 1 saturated carbocycles. The molecule has 162 valence electrons. The van der Waals surface area contributed by atoms with E-state index in [0.29, 0.717) is 12.5 Å². The van der Waals surface area contributed by atoms with Crippen LogP contribution in [-0.2, 0) is 9.47 Å². The molecule has 3 rings (SSSR count). The molecular weight excluding hydrogens is 360 g/mol. The SMILES string of the molecule is CCCCCC1CCC(/C=C/COc2ccc(C3OCC(CC)CO3)cc2)CC1. The first-order chi connectivity index (χ1) is 14.3. The van der Waals surface area contributed by atoms with Crippen molar-refractivity contribution in [2.45, 2.75) is 77.9 Å². The Hall–Kier alpha value is -1.32. The highest BCUT2D eigenvalue weighted by Gasteiger charge is 2.22. The van der Waals surface area contributed by atoms with E-state index in [1.165, 1.54) is 51.4 Å². The van der Waals surface area contributed by atoms with E-state index >= 15 is 0 Å². The van der Waals surface area contributed by atoms with Gasteiger partial charge in [-0.05, 0) is 56.1 Å². The lowest BCUT2D eigenvalue weighted by Crippen LogP contribution is -2.26. The molecule has 0 amide bonds. The molecule has 0 atom stereocenters. The number of benzene rings is 1. The zero-order valence-electron chi connectivity index (χ0n) is 18.5. The molecule has 1 aromatic carbocycles. The molecule has 0 N–H and O–H groups in total. The van der Waals surface area contributed by atoms with Gasteiger partial charge in [-0.3, -0.25) is 0 Å². The van der Waals surface area contributed by atoms with Crippen LogP contribution in [0.2, 0.25) is 0 Å². The molecule has 1 aliphatic carbocycles. The van der Waals surface area contributed by atoms with Crippen LogP contribution in [0, 0.1) is 17.8 Å². The molecule has 3 nitrogen and oxygen atoms in total. The minimum absolute atomic E-state index is 0.233. The molecule has 1 saturated heterocycles. The number of hydrogen-bond acceptors (Lipinski definition) is 3. The summed E-state index contributed by atoms with van der Waals surface area (Å²) >= 11 is 0. The molecular formula is C26H40O3. The standard InChI is InChI=1S/C26H40O3/c1-3-5-6-8-22-10-12-23(13-11-22)9-7-18-27-25-16-14-24(15-17-25)26-28-19-21(4-2)20-29-26/h7,9,14-17,21-23,26H,3-6,8,10-13,18-20H2,1-2H3/b9-7+. The zero-order valence-corrected chi connectivity index (χ0v) is 18.5. The fourth-order valence-corrected chi connectivity index (χ4v) is 4.44. The molecule has 0 aromatic heterocycles. The Bertz CT molecular complexity index is 578. The van der Waals surface area contributed by atoms with E-state index in [-0.39, 0.29) is 6.29 Å². The van der Waals surface area contributed by atoms with Crippen molar-refractivity contribution < 1.29 is 14.2 Å². The number of allylic oxidation sites excluding steroid dienone is 1. The zero-order chi connectivity index (χ0) is 20.3. The predicted octanol–water partition coefficient (Wildman–Crippen LogP) is 7.08. The Labute approximate surface area is 177 Å². The Morgan fingerprint density at radius 2 is 1.66 bits per heavy atom. The molecule has 2 aliphatic rings. The number of unbranched alkanes of at least 4 members (excludes halogenated alkanes) is 2. The predicted molar refractivity (Wildman–Crippen MR) is 119 cm³/mol. The quantitative estimate of drug-likeness (QED) is 0.310. The summed E-state index contributed by atoms with van der Waals surface area (Å²) in [7, 11) is 0. The second-order valence-corrected chi connectivity index (χ2v) is 8.86. The third-order valence-electron chi connectivity index (χ3n) is 6.56. The summed E-state index contributed by atoms with van der Waals surface area (Å²) < 4.78 is 17.6. The second kappa shape index (κ2) is 12.4. The van der Waals surface area contributed by atoms with Gasteiger partial charge in [0.1, 0.15) is 12.4 Å². The Morgan fingerprint density at radius 3 is 2.31 bits per heavy atom. The van der Waals surface area contributed by atoms with E-state index in [1.807, 2.05) is 12.1 Å². The minimum Gasteiger partial charge on any atom is -0.490 e. The van der Waals surface area contributed by atoms with E-state index in [1.54, 1.807) is 0 Å². The lowest BCUT2D eigenvalue weighted by Gasteiger charge is -2.29. The maximum Gasteiger partial charge on any atom is 0.183 e. The van der Waals surface area contributed by atoms with Crippen LogP contribution in [-0.4, -0.2) is 19.8 Å². The van der Waals surface area contributed by atoms with Gasteiger partial charge in [0.25, 0.3) is 0 Å². The summed E-state index contributed by atoms with van der Waals surface area (Å²) in [4.78, 5) is 0. The van der Waals surface area contributed by atoms with E-state index in [4.69, 9.17) is 14.2 Å². The van der Waals surface area contributed by atoms with Gasteiger partial charge in [-0.15, -0.1) is 0 Å². The van der Waals surface area contributed by atoms with E-state index in [0.717, 1.165) is 42.8 Å². The van der Waals surface area contributed by atoms with E-state index in [9.17, 15) is 0 Å². The van der Waals surface area contributed by atoms with Gasteiger partial charge in [-0.2, -0.15) is 0 Å². The van der Waals surface area contributed by atoms with Crippen LogP contribution in [0.25, 0.3) is 0 Å². The van der Waals surface area contributed by atoms with Crippen LogP contribution < -0.4 is 4.74 Å². The van der Waals surface area contributed by atoms with Gasteiger partial charge in [0.15, 0.2) is 6.29 Å². The average Bonchev–Trinajstić information content (AvgIpc) is 2.78. The van der Waals surface area contributed by atoms with Crippen molar-refractivity contribution in [1.82, 2.24) is 0 Å². The van der Waals surface area contributed by atoms with Gasteiger partial charge in [0, 0.05) is 11.5 Å². The van der Waals surface area contributed by atoms with E-state index < -0.39 is 0 Å². The largest absolute Gasteiger partial charge is 0.490 e. The van der Waals surface area contributed by atoms with Crippen molar-refractivity contribution in [1.29, 1.82) is 0 Å². The molecule has 0 spiro atoms. The molecule has 3 heteroatoms. The smallest absolute Gasteiger partial charge is 0.183 e. The molecule has 29 heavy (non-hydrogen) atoms. The van der Waals surface area contributed by atoms with Crippen LogP contribution >= 0.6 is 0 Å². The van der Waals surface area contributed by atoms with E-state index in [2.05, 4.69) is 38.1 Å². The van der Waals surface area contributed by atoms with Gasteiger partial charge >= 0.3 is 0 Å². The summed E-state index contributed by atoms with van der Waals surface area (Å²) in [5, 5.41) is 0. The van der Waals surface area contributed by atoms with Crippen molar-refractivity contribution >= 4 is 0 Å². The fraction of sp³-hybridized carbons (Fsp3) is 0.692. The first-order valence-electron chi connectivity index (χ1n) is 11.9. The van der Waals surface area contributed by atoms with Crippen LogP contribution in [0.5, 0.6) is 5.75 Å². The summed E-state index contributed by atoms with van der Waals surface area (Å²) in [6.07, 6.45) is 16.6. The highest BCUT2D eigenvalue weighted by atomic mass is 16.7. The van der Waals surface area contributed by atoms with Gasteiger partial charge in [-0.25, -0.2) is 0 Å². The highest BCUT2D eigenvalue weighted by Crippen LogP contribution is 2.32. The van der Waals surface area contributed by atoms with Gasteiger partial charge in [-0.1, -0.05) is 63.8 Å². The molecule has 0 radical (unpaired) electrons. The number of rotatable bonds is 10. The van der Waals surface area contributed by atoms with Gasteiger partial charge in [0.05, 0.1) is 13.2 Å². The van der Waals surface area contributed by atoms with Crippen molar-refractivity contribution in [3.8, 4) is 5.75 Å². The summed E-state index contributed by atoms with van der Waals surface area (Å²) in [6, 6.07) is 8.14. The maximum atomic E-state index is 5.89. The normalized spacial score (nSPS) is 27.9. The first-order valence-corrected chi connectivity index (χ1v) is 11.9. The molecule has 1 aromatic rings. The van der Waals surface area contributed by atoms with Crippen LogP contribution in [0.3, 0.4) is 0 Å². The molecule has 1 heterocycles. The average molecular weight is 401 g/mol.